The Morgan fingerprint density at radius 2 is 2.07 bits per heavy atom. The summed E-state index contributed by atoms with van der Waals surface area (Å²) >= 11 is 0. The number of urea groups is 1. The fourth-order valence-corrected chi connectivity index (χ4v) is 0.840. The number of rotatable bonds is 4. The van der Waals surface area contributed by atoms with Crippen LogP contribution in [0.15, 0.2) is 5.16 Å². The Kier molecular flexibility index (Phi) is 4.90. The lowest BCUT2D eigenvalue weighted by molar-refractivity contribution is 0.235. The van der Waals surface area contributed by atoms with Crippen LogP contribution < -0.4 is 16.4 Å². The van der Waals surface area contributed by atoms with E-state index in [2.05, 4.69) is 15.8 Å². The Hall–Kier alpha value is -1.46. The molecule has 0 rings (SSSR count). The van der Waals surface area contributed by atoms with Crippen LogP contribution in [0, 0.1) is 5.41 Å². The molecule has 0 heterocycles. The van der Waals surface area contributed by atoms with Crippen molar-refractivity contribution >= 4 is 11.9 Å². The topological polar surface area (TPSA) is 99.7 Å². The van der Waals surface area contributed by atoms with E-state index in [0.717, 1.165) is 0 Å². The van der Waals surface area contributed by atoms with E-state index in [0.29, 0.717) is 6.54 Å². The Bertz CT molecular complexity index is 248. The largest absolute Gasteiger partial charge is 0.409 e. The van der Waals surface area contributed by atoms with E-state index >= 15 is 0 Å². The monoisotopic (exact) mass is 216 g/mol. The maximum Gasteiger partial charge on any atom is 0.315 e. The van der Waals surface area contributed by atoms with Crippen molar-refractivity contribution in [1.82, 2.24) is 10.6 Å². The van der Waals surface area contributed by atoms with Gasteiger partial charge in [0.15, 0.2) is 0 Å². The van der Waals surface area contributed by atoms with Gasteiger partial charge in [-0.15, -0.1) is 0 Å². The Labute approximate surface area is 89.9 Å². The summed E-state index contributed by atoms with van der Waals surface area (Å²) in [6.45, 7) is 7.60. The summed E-state index contributed by atoms with van der Waals surface area (Å²) < 4.78 is 0. The fourth-order valence-electron chi connectivity index (χ4n) is 0.840. The lowest BCUT2D eigenvalue weighted by Gasteiger charge is -2.23. The summed E-state index contributed by atoms with van der Waals surface area (Å²) in [5.74, 6) is 0.0901. The van der Waals surface area contributed by atoms with Gasteiger partial charge < -0.3 is 21.6 Å². The summed E-state index contributed by atoms with van der Waals surface area (Å²) in [4.78, 5) is 11.2. The molecule has 0 saturated carbocycles. The molecule has 0 spiro atoms. The molecule has 0 aliphatic carbocycles. The zero-order valence-corrected chi connectivity index (χ0v) is 9.66. The summed E-state index contributed by atoms with van der Waals surface area (Å²) in [7, 11) is 0. The first-order valence-electron chi connectivity index (χ1n) is 4.82. The molecule has 0 atom stereocenters. The number of carbonyl (C=O) groups is 1. The van der Waals surface area contributed by atoms with Crippen LogP contribution in [0.2, 0.25) is 0 Å². The molecule has 0 radical (unpaired) electrons. The molecular weight excluding hydrogens is 196 g/mol. The molecule has 88 valence electrons. The van der Waals surface area contributed by atoms with Gasteiger partial charge in [-0.25, -0.2) is 4.79 Å². The highest BCUT2D eigenvalue weighted by molar-refractivity contribution is 5.86. The predicted octanol–water partition coefficient (Wildman–Crippen LogP) is 0.467. The van der Waals surface area contributed by atoms with Gasteiger partial charge >= 0.3 is 6.03 Å². The van der Waals surface area contributed by atoms with E-state index in [9.17, 15) is 4.79 Å². The van der Waals surface area contributed by atoms with Crippen LogP contribution >= 0.6 is 0 Å². The van der Waals surface area contributed by atoms with Crippen molar-refractivity contribution in [2.24, 2.45) is 16.3 Å². The van der Waals surface area contributed by atoms with E-state index in [1.54, 1.807) is 13.8 Å². The van der Waals surface area contributed by atoms with Crippen molar-refractivity contribution in [3.63, 3.8) is 0 Å². The molecule has 6 heteroatoms. The minimum atomic E-state index is -0.566. The minimum Gasteiger partial charge on any atom is -0.409 e. The van der Waals surface area contributed by atoms with Crippen molar-refractivity contribution in [1.29, 1.82) is 0 Å². The number of hydrogen-bond donors (Lipinski definition) is 4. The van der Waals surface area contributed by atoms with Gasteiger partial charge in [0.2, 0.25) is 0 Å². The second-order valence-electron chi connectivity index (χ2n) is 4.35. The van der Waals surface area contributed by atoms with Gasteiger partial charge in [-0.3, -0.25) is 0 Å². The van der Waals surface area contributed by atoms with Crippen molar-refractivity contribution < 1.29 is 10.0 Å². The highest BCUT2D eigenvalue weighted by Gasteiger charge is 2.24. The fraction of sp³-hybridized carbons (Fsp3) is 0.778. The lowest BCUT2D eigenvalue weighted by Crippen LogP contribution is -2.47. The van der Waals surface area contributed by atoms with Gasteiger partial charge in [0.25, 0.3) is 0 Å². The summed E-state index contributed by atoms with van der Waals surface area (Å²) in [5, 5.41) is 16.8. The zero-order chi connectivity index (χ0) is 12.1. The first-order valence-corrected chi connectivity index (χ1v) is 4.82. The third-order valence-electron chi connectivity index (χ3n) is 1.91. The molecule has 0 unspecified atom stereocenters. The molecule has 0 aliphatic heterocycles. The maximum absolute atomic E-state index is 11.2. The number of hydrogen-bond acceptors (Lipinski definition) is 3. The molecule has 5 N–H and O–H groups in total. The summed E-state index contributed by atoms with van der Waals surface area (Å²) in [5.41, 5.74) is 4.90. The van der Waals surface area contributed by atoms with E-state index < -0.39 is 5.41 Å². The van der Waals surface area contributed by atoms with Gasteiger partial charge in [-0.1, -0.05) is 19.0 Å². The molecule has 6 nitrogen and oxygen atoms in total. The second kappa shape index (κ2) is 5.43. The van der Waals surface area contributed by atoms with Crippen LogP contribution in [0.5, 0.6) is 0 Å². The average molecular weight is 216 g/mol. The normalized spacial score (nSPS) is 12.7. The number of nitrogens with zero attached hydrogens (tertiary/aromatic N) is 1. The molecule has 0 aromatic rings. The smallest absolute Gasteiger partial charge is 0.315 e. The molecular formula is C9H20N4O2. The molecule has 0 aromatic heterocycles. The van der Waals surface area contributed by atoms with Gasteiger partial charge in [-0.2, -0.15) is 0 Å². The number of carbonyl (C=O) groups excluding carboxylic acids is 1. The highest BCUT2D eigenvalue weighted by Crippen LogP contribution is 2.12. The van der Waals surface area contributed by atoms with E-state index in [4.69, 9.17) is 10.9 Å². The third kappa shape index (κ3) is 5.09. The second-order valence-corrected chi connectivity index (χ2v) is 4.35. The number of nitrogens with two attached hydrogens (primary N) is 1. The molecule has 0 fully saturated rings. The molecule has 15 heavy (non-hydrogen) atoms. The van der Waals surface area contributed by atoms with Gasteiger partial charge in [0.05, 0.1) is 0 Å². The quantitative estimate of drug-likeness (QED) is 0.238. The maximum atomic E-state index is 11.2. The van der Waals surface area contributed by atoms with Gasteiger partial charge in [0, 0.05) is 18.0 Å². The van der Waals surface area contributed by atoms with Crippen molar-refractivity contribution in [2.45, 2.75) is 33.7 Å². The van der Waals surface area contributed by atoms with Crippen molar-refractivity contribution in [3.05, 3.63) is 0 Å². The molecule has 0 saturated heterocycles. The SMILES string of the molecule is CC(C)NC(=O)NCC(C)(C)C(N)=NO. The molecule has 2 amide bonds. The van der Waals surface area contributed by atoms with Crippen molar-refractivity contribution in [2.75, 3.05) is 6.54 Å². The number of oxime groups is 1. The number of nitrogens with one attached hydrogen (secondary N) is 2. The van der Waals surface area contributed by atoms with E-state index in [1.807, 2.05) is 13.8 Å². The predicted molar refractivity (Wildman–Crippen MR) is 58.9 cm³/mol. The Morgan fingerprint density at radius 1 is 1.53 bits per heavy atom. The zero-order valence-electron chi connectivity index (χ0n) is 9.66. The van der Waals surface area contributed by atoms with Crippen LogP contribution in [0.3, 0.4) is 0 Å². The van der Waals surface area contributed by atoms with Crippen LogP contribution in [0.1, 0.15) is 27.7 Å². The average Bonchev–Trinajstić information content (AvgIpc) is 2.12. The van der Waals surface area contributed by atoms with Crippen LogP contribution in [0.25, 0.3) is 0 Å². The van der Waals surface area contributed by atoms with Crippen LogP contribution in [0.4, 0.5) is 4.79 Å². The van der Waals surface area contributed by atoms with Crippen LogP contribution in [-0.2, 0) is 0 Å². The summed E-state index contributed by atoms with van der Waals surface area (Å²) in [6.07, 6.45) is 0. The van der Waals surface area contributed by atoms with E-state index in [-0.39, 0.29) is 17.9 Å². The molecule has 0 aromatic carbocycles. The van der Waals surface area contributed by atoms with Gasteiger partial charge in [-0.05, 0) is 13.8 Å². The van der Waals surface area contributed by atoms with Crippen LogP contribution in [-0.4, -0.2) is 29.7 Å². The first-order chi connectivity index (χ1) is 6.79. The standard InChI is InChI=1S/C9H20N4O2/c1-6(2)12-8(14)11-5-9(3,4)7(10)13-15/h6,15H,5H2,1-4H3,(H2,10,13)(H2,11,12,14). The van der Waals surface area contributed by atoms with Crippen molar-refractivity contribution in [3.8, 4) is 0 Å². The lowest BCUT2D eigenvalue weighted by atomic mass is 9.92. The van der Waals surface area contributed by atoms with E-state index in [1.165, 1.54) is 0 Å². The number of amides is 2. The first kappa shape index (κ1) is 13.5. The molecule has 0 bridgehead atoms. The summed E-state index contributed by atoms with van der Waals surface area (Å²) in [6, 6.07) is -0.180. The number of amidine groups is 1. The Morgan fingerprint density at radius 3 is 2.47 bits per heavy atom. The molecule has 0 aliphatic rings. The van der Waals surface area contributed by atoms with Gasteiger partial charge in [0.1, 0.15) is 5.84 Å². The third-order valence-corrected chi connectivity index (χ3v) is 1.91. The Balaban J connectivity index is 4.10. The highest BCUT2D eigenvalue weighted by atomic mass is 16.4. The minimum absolute atomic E-state index is 0.0805.